The molecular weight excluding hydrogens is 322 g/mol. The number of carbonyl (C=O) groups is 1. The molecule has 0 unspecified atom stereocenters. The number of thioether (sulfide) groups is 1. The van der Waals surface area contributed by atoms with E-state index in [0.29, 0.717) is 18.3 Å². The molecule has 1 fully saturated rings. The Kier molecular flexibility index (Phi) is 6.28. The summed E-state index contributed by atoms with van der Waals surface area (Å²) in [5.74, 6) is 1.19. The molecule has 8 nitrogen and oxygen atoms in total. The lowest BCUT2D eigenvalue weighted by molar-refractivity contribution is -0.0241. The molecule has 1 saturated heterocycles. The van der Waals surface area contributed by atoms with Gasteiger partial charge in [0.05, 0.1) is 6.61 Å². The van der Waals surface area contributed by atoms with Gasteiger partial charge in [0.25, 0.3) is 0 Å². The van der Waals surface area contributed by atoms with Crippen LogP contribution in [0.2, 0.25) is 0 Å². The molecule has 0 radical (unpaired) electrons. The zero-order valence-corrected chi connectivity index (χ0v) is 14.0. The lowest BCUT2D eigenvalue weighted by Crippen LogP contribution is -2.29. The maximum absolute atomic E-state index is 11.8. The van der Waals surface area contributed by atoms with Gasteiger partial charge in [0, 0.05) is 11.9 Å². The van der Waals surface area contributed by atoms with Crippen molar-refractivity contribution >= 4 is 23.7 Å². The first-order valence-corrected chi connectivity index (χ1v) is 8.42. The third-order valence-electron chi connectivity index (χ3n) is 3.15. The number of carbonyl (C=O) groups excluding carboxylic acids is 1. The zero-order valence-electron chi connectivity index (χ0n) is 13.1. The normalized spacial score (nSPS) is 20.7. The second-order valence-electron chi connectivity index (χ2n) is 5.49. The lowest BCUT2D eigenvalue weighted by Gasteiger charge is -2.14. The van der Waals surface area contributed by atoms with E-state index in [1.54, 1.807) is 6.20 Å². The van der Waals surface area contributed by atoms with Crippen molar-refractivity contribution in [3.63, 3.8) is 0 Å². The minimum atomic E-state index is -0.704. The van der Waals surface area contributed by atoms with Gasteiger partial charge in [0.1, 0.15) is 24.1 Å². The van der Waals surface area contributed by atoms with Gasteiger partial charge >= 0.3 is 11.8 Å². The molecular formula is C14H21N3O5S. The maximum Gasteiger partial charge on any atom is 0.508 e. The monoisotopic (exact) mass is 343 g/mol. The molecule has 0 spiro atoms. The van der Waals surface area contributed by atoms with Crippen LogP contribution >= 0.6 is 11.8 Å². The Balaban J connectivity index is 1.75. The van der Waals surface area contributed by atoms with Gasteiger partial charge in [-0.25, -0.2) is 9.59 Å². The molecule has 1 aliphatic rings. The van der Waals surface area contributed by atoms with Crippen LogP contribution in [0.15, 0.2) is 17.1 Å². The van der Waals surface area contributed by atoms with Gasteiger partial charge in [-0.1, -0.05) is 13.8 Å². The van der Waals surface area contributed by atoms with Crippen LogP contribution in [0.5, 0.6) is 0 Å². The Morgan fingerprint density at radius 2 is 2.35 bits per heavy atom. The average molecular weight is 343 g/mol. The second kappa shape index (κ2) is 8.21. The molecule has 1 aromatic rings. The topological polar surface area (TPSA) is 106 Å². The number of ether oxygens (including phenoxy) is 3. The Morgan fingerprint density at radius 3 is 3.04 bits per heavy atom. The number of hydrogen-bond acceptors (Lipinski definition) is 8. The Morgan fingerprint density at radius 1 is 1.57 bits per heavy atom. The first-order valence-electron chi connectivity index (χ1n) is 7.37. The number of rotatable bonds is 6. The van der Waals surface area contributed by atoms with E-state index in [2.05, 4.69) is 4.98 Å². The predicted molar refractivity (Wildman–Crippen MR) is 86.0 cm³/mol. The largest absolute Gasteiger partial charge is 0.508 e. The fourth-order valence-electron chi connectivity index (χ4n) is 1.88. The van der Waals surface area contributed by atoms with Crippen molar-refractivity contribution in [2.45, 2.75) is 31.9 Å². The minimum absolute atomic E-state index is 0.0683. The van der Waals surface area contributed by atoms with Crippen molar-refractivity contribution in [3.8, 4) is 0 Å². The number of anilines is 1. The fraction of sp³-hybridized carbons (Fsp3) is 0.643. The van der Waals surface area contributed by atoms with Crippen molar-refractivity contribution in [1.29, 1.82) is 0 Å². The van der Waals surface area contributed by atoms with E-state index in [4.69, 9.17) is 19.9 Å². The first-order chi connectivity index (χ1) is 11.0. The highest BCUT2D eigenvalue weighted by molar-refractivity contribution is 8.00. The van der Waals surface area contributed by atoms with Crippen LogP contribution in [0, 0.1) is 5.92 Å². The Bertz CT molecular complexity index is 592. The average Bonchev–Trinajstić information content (AvgIpc) is 2.93. The van der Waals surface area contributed by atoms with E-state index in [9.17, 15) is 9.59 Å². The molecule has 128 valence electrons. The van der Waals surface area contributed by atoms with Gasteiger partial charge < -0.3 is 19.9 Å². The molecule has 23 heavy (non-hydrogen) atoms. The highest BCUT2D eigenvalue weighted by atomic mass is 32.2. The molecule has 2 rings (SSSR count). The third kappa shape index (κ3) is 5.43. The summed E-state index contributed by atoms with van der Waals surface area (Å²) in [6.07, 6.45) is 1.17. The van der Waals surface area contributed by atoms with E-state index in [1.807, 2.05) is 13.8 Å². The van der Waals surface area contributed by atoms with Gasteiger partial charge in [0.2, 0.25) is 0 Å². The smallest absolute Gasteiger partial charge is 0.434 e. The predicted octanol–water partition coefficient (Wildman–Crippen LogP) is 1.61. The molecule has 2 N–H and O–H groups in total. The number of aromatic nitrogens is 2. The fourth-order valence-corrected chi connectivity index (χ4v) is 2.87. The molecule has 2 heterocycles. The van der Waals surface area contributed by atoms with Crippen LogP contribution in [-0.2, 0) is 14.2 Å². The zero-order chi connectivity index (χ0) is 16.8. The molecule has 1 aliphatic heterocycles. The van der Waals surface area contributed by atoms with E-state index in [0.717, 1.165) is 6.42 Å². The number of nitrogen functional groups attached to an aromatic ring is 1. The van der Waals surface area contributed by atoms with Crippen LogP contribution in [0.25, 0.3) is 0 Å². The summed E-state index contributed by atoms with van der Waals surface area (Å²) < 4.78 is 17.0. The van der Waals surface area contributed by atoms with Crippen molar-refractivity contribution in [3.05, 3.63) is 22.7 Å². The van der Waals surface area contributed by atoms with Crippen LogP contribution < -0.4 is 11.4 Å². The highest BCUT2D eigenvalue weighted by Gasteiger charge is 2.29. The Labute approximate surface area is 138 Å². The summed E-state index contributed by atoms with van der Waals surface area (Å²) in [6.45, 7) is 4.50. The minimum Gasteiger partial charge on any atom is -0.434 e. The van der Waals surface area contributed by atoms with E-state index < -0.39 is 18.1 Å². The summed E-state index contributed by atoms with van der Waals surface area (Å²) in [5, 5.41) is 0. The molecule has 9 heteroatoms. The number of nitrogens with zero attached hydrogens (tertiary/aromatic N) is 2. The van der Waals surface area contributed by atoms with E-state index in [1.165, 1.54) is 22.4 Å². The summed E-state index contributed by atoms with van der Waals surface area (Å²) in [5.41, 5.74) is 4.64. The van der Waals surface area contributed by atoms with Gasteiger partial charge in [-0.3, -0.25) is 4.57 Å². The second-order valence-corrected chi connectivity index (χ2v) is 6.68. The summed E-state index contributed by atoms with van der Waals surface area (Å²) in [4.78, 5) is 26.8. The maximum atomic E-state index is 11.8. The van der Waals surface area contributed by atoms with E-state index >= 15 is 0 Å². The molecule has 1 aromatic heterocycles. The molecule has 0 saturated carbocycles. The first kappa shape index (κ1) is 17.6. The van der Waals surface area contributed by atoms with Crippen molar-refractivity contribution < 1.29 is 19.0 Å². The summed E-state index contributed by atoms with van der Waals surface area (Å²) in [7, 11) is 0. The molecule has 0 aromatic carbocycles. The quantitative estimate of drug-likeness (QED) is 0.777. The molecule has 0 amide bonds. The SMILES string of the molecule is CC(C)CCOC(=O)OC[C@@H]1O[C@H](n2ccc(N)nc2=O)CS1. The molecule has 0 bridgehead atoms. The van der Waals surface area contributed by atoms with Crippen LogP contribution in [0.1, 0.15) is 26.5 Å². The Hall–Kier alpha value is -1.74. The molecule has 2 atom stereocenters. The van der Waals surface area contributed by atoms with Crippen molar-refractivity contribution in [2.75, 3.05) is 24.7 Å². The van der Waals surface area contributed by atoms with Gasteiger partial charge in [-0.05, 0) is 18.4 Å². The number of hydrogen-bond donors (Lipinski definition) is 1. The van der Waals surface area contributed by atoms with Crippen molar-refractivity contribution in [1.82, 2.24) is 9.55 Å². The standard InChI is InChI=1S/C14H21N3O5S/c1-9(2)4-6-20-14(19)21-7-12-22-11(8-23-12)17-5-3-10(15)16-13(17)18/h3,5,9,11-12H,4,6-8H2,1-2H3,(H2,15,16,18)/t11-,12+/m0/s1. The summed E-state index contributed by atoms with van der Waals surface area (Å²) in [6, 6.07) is 1.53. The van der Waals surface area contributed by atoms with Crippen LogP contribution in [0.4, 0.5) is 10.6 Å². The van der Waals surface area contributed by atoms with Gasteiger partial charge in [-0.15, -0.1) is 11.8 Å². The van der Waals surface area contributed by atoms with Gasteiger partial charge in [0.15, 0.2) is 0 Å². The van der Waals surface area contributed by atoms with Crippen LogP contribution in [0.3, 0.4) is 0 Å². The number of nitrogens with two attached hydrogens (primary N) is 1. The highest BCUT2D eigenvalue weighted by Crippen LogP contribution is 2.31. The van der Waals surface area contributed by atoms with Crippen LogP contribution in [-0.4, -0.2) is 40.1 Å². The van der Waals surface area contributed by atoms with Gasteiger partial charge in [-0.2, -0.15) is 4.98 Å². The third-order valence-corrected chi connectivity index (χ3v) is 4.24. The van der Waals surface area contributed by atoms with Crippen molar-refractivity contribution in [2.24, 2.45) is 5.92 Å². The molecule has 0 aliphatic carbocycles. The van der Waals surface area contributed by atoms with E-state index in [-0.39, 0.29) is 17.9 Å². The summed E-state index contributed by atoms with van der Waals surface area (Å²) >= 11 is 1.46. The lowest BCUT2D eigenvalue weighted by atomic mass is 10.1.